The molecule has 0 saturated carbocycles. The average molecular weight is 355 g/mol. The maximum atomic E-state index is 12.5. The highest BCUT2D eigenvalue weighted by atomic mass is 79.9. The van der Waals surface area contributed by atoms with Crippen molar-refractivity contribution in [3.8, 4) is 5.75 Å². The van der Waals surface area contributed by atoms with E-state index in [-0.39, 0.29) is 4.90 Å². The molecule has 0 unspecified atom stereocenters. The summed E-state index contributed by atoms with van der Waals surface area (Å²) in [6.45, 7) is 1.10. The molecule has 7 heteroatoms. The molecule has 1 aliphatic heterocycles. The fourth-order valence-electron chi connectivity index (χ4n) is 1.99. The van der Waals surface area contributed by atoms with Crippen molar-refractivity contribution in [3.05, 3.63) is 21.6 Å². The van der Waals surface area contributed by atoms with Crippen LogP contribution in [-0.4, -0.2) is 32.9 Å². The first-order valence-corrected chi connectivity index (χ1v) is 8.11. The average Bonchev–Trinajstić information content (AvgIpc) is 2.82. The number of hydrogen-bond acceptors (Lipinski definition) is 3. The first-order valence-electron chi connectivity index (χ1n) is 5.50. The number of ether oxygens (including phenoxy) is 1. The molecule has 0 atom stereocenters. The summed E-state index contributed by atoms with van der Waals surface area (Å²) in [4.78, 5) is 0.117. The van der Waals surface area contributed by atoms with E-state index in [4.69, 9.17) is 16.3 Å². The molecule has 100 valence electrons. The molecule has 1 heterocycles. The summed E-state index contributed by atoms with van der Waals surface area (Å²) in [5, 5.41) is 0.362. The Morgan fingerprint density at radius 2 is 1.94 bits per heavy atom. The molecule has 18 heavy (non-hydrogen) atoms. The lowest BCUT2D eigenvalue weighted by molar-refractivity contribution is 0.395. The van der Waals surface area contributed by atoms with E-state index in [2.05, 4.69) is 15.9 Å². The molecule has 0 amide bonds. The van der Waals surface area contributed by atoms with E-state index in [0.717, 1.165) is 12.8 Å². The van der Waals surface area contributed by atoms with E-state index >= 15 is 0 Å². The number of methoxy groups -OCH3 is 1. The summed E-state index contributed by atoms with van der Waals surface area (Å²) in [5.74, 6) is 0.298. The van der Waals surface area contributed by atoms with Gasteiger partial charge in [0.25, 0.3) is 0 Å². The van der Waals surface area contributed by atoms with Crippen LogP contribution in [0.5, 0.6) is 5.75 Å². The third-order valence-electron chi connectivity index (χ3n) is 2.86. The lowest BCUT2D eigenvalue weighted by Gasteiger charge is -2.18. The fraction of sp³-hybridized carbons (Fsp3) is 0.455. The zero-order valence-electron chi connectivity index (χ0n) is 9.82. The normalized spacial score (nSPS) is 17.1. The van der Waals surface area contributed by atoms with Gasteiger partial charge in [0, 0.05) is 18.1 Å². The van der Waals surface area contributed by atoms with Gasteiger partial charge in [0.15, 0.2) is 5.75 Å². The minimum absolute atomic E-state index is 0.117. The van der Waals surface area contributed by atoms with E-state index in [0.29, 0.717) is 28.3 Å². The smallest absolute Gasteiger partial charge is 0.246 e. The van der Waals surface area contributed by atoms with Gasteiger partial charge in [-0.15, -0.1) is 0 Å². The molecule has 1 aromatic rings. The second-order valence-electron chi connectivity index (χ2n) is 4.03. The van der Waals surface area contributed by atoms with Gasteiger partial charge in [-0.1, -0.05) is 11.6 Å². The molecule has 1 fully saturated rings. The maximum Gasteiger partial charge on any atom is 0.246 e. The largest absolute Gasteiger partial charge is 0.494 e. The molecule has 0 bridgehead atoms. The number of benzene rings is 1. The molecular weight excluding hydrogens is 342 g/mol. The lowest BCUT2D eigenvalue weighted by Crippen LogP contribution is -2.28. The molecule has 1 aromatic carbocycles. The van der Waals surface area contributed by atoms with Crippen molar-refractivity contribution in [2.45, 2.75) is 17.7 Å². The van der Waals surface area contributed by atoms with Crippen LogP contribution in [0.25, 0.3) is 0 Å². The quantitative estimate of drug-likeness (QED) is 0.838. The molecule has 1 saturated heterocycles. The highest BCUT2D eigenvalue weighted by molar-refractivity contribution is 9.10. The van der Waals surface area contributed by atoms with Crippen LogP contribution in [0, 0.1) is 0 Å². The molecule has 0 aliphatic carbocycles. The van der Waals surface area contributed by atoms with Gasteiger partial charge in [0.05, 0.1) is 11.6 Å². The van der Waals surface area contributed by atoms with Crippen molar-refractivity contribution in [2.24, 2.45) is 0 Å². The van der Waals surface area contributed by atoms with Crippen LogP contribution in [0.3, 0.4) is 0 Å². The number of hydrogen-bond donors (Lipinski definition) is 0. The van der Waals surface area contributed by atoms with Crippen molar-refractivity contribution < 1.29 is 13.2 Å². The molecule has 0 N–H and O–H groups in total. The van der Waals surface area contributed by atoms with Crippen LogP contribution >= 0.6 is 27.5 Å². The number of rotatable bonds is 3. The molecule has 0 spiro atoms. The highest BCUT2D eigenvalue weighted by Gasteiger charge is 2.31. The summed E-state index contributed by atoms with van der Waals surface area (Å²) < 4.78 is 32.1. The van der Waals surface area contributed by atoms with Gasteiger partial charge in [-0.3, -0.25) is 0 Å². The van der Waals surface area contributed by atoms with E-state index in [1.54, 1.807) is 6.07 Å². The number of nitrogens with zero attached hydrogens (tertiary/aromatic N) is 1. The lowest BCUT2D eigenvalue weighted by atomic mass is 10.3. The SMILES string of the molecule is COc1c(Br)cc(Cl)cc1S(=O)(=O)N1CCCC1. The second kappa shape index (κ2) is 5.36. The Morgan fingerprint density at radius 3 is 2.50 bits per heavy atom. The first kappa shape index (κ1) is 14.1. The highest BCUT2D eigenvalue weighted by Crippen LogP contribution is 2.37. The van der Waals surface area contributed by atoms with Crippen molar-refractivity contribution in [1.82, 2.24) is 4.31 Å². The Kier molecular flexibility index (Phi) is 4.21. The minimum atomic E-state index is -3.53. The van der Waals surface area contributed by atoms with Gasteiger partial charge in [-0.25, -0.2) is 8.42 Å². The Labute approximate surface area is 120 Å². The zero-order chi connectivity index (χ0) is 13.3. The summed E-state index contributed by atoms with van der Waals surface area (Å²) in [6, 6.07) is 3.04. The van der Waals surface area contributed by atoms with E-state index in [9.17, 15) is 8.42 Å². The van der Waals surface area contributed by atoms with Gasteiger partial charge in [0.1, 0.15) is 4.90 Å². The van der Waals surface area contributed by atoms with Crippen LogP contribution < -0.4 is 4.74 Å². The summed E-state index contributed by atoms with van der Waals surface area (Å²) in [7, 11) is -2.09. The maximum absolute atomic E-state index is 12.5. The van der Waals surface area contributed by atoms with Crippen LogP contribution in [0.1, 0.15) is 12.8 Å². The van der Waals surface area contributed by atoms with Gasteiger partial charge in [-0.05, 0) is 40.9 Å². The van der Waals surface area contributed by atoms with E-state index in [1.807, 2.05) is 0 Å². The van der Waals surface area contributed by atoms with Gasteiger partial charge in [0.2, 0.25) is 10.0 Å². The monoisotopic (exact) mass is 353 g/mol. The van der Waals surface area contributed by atoms with Gasteiger partial charge < -0.3 is 4.74 Å². The summed E-state index contributed by atoms with van der Waals surface area (Å²) in [6.07, 6.45) is 1.78. The van der Waals surface area contributed by atoms with E-state index < -0.39 is 10.0 Å². The minimum Gasteiger partial charge on any atom is -0.494 e. The van der Waals surface area contributed by atoms with Gasteiger partial charge >= 0.3 is 0 Å². The topological polar surface area (TPSA) is 46.6 Å². The van der Waals surface area contributed by atoms with Crippen molar-refractivity contribution in [3.63, 3.8) is 0 Å². The van der Waals surface area contributed by atoms with Crippen LogP contribution in [0.2, 0.25) is 5.02 Å². The molecule has 0 aromatic heterocycles. The third kappa shape index (κ3) is 2.52. The van der Waals surface area contributed by atoms with Crippen molar-refractivity contribution in [1.29, 1.82) is 0 Å². The summed E-state index contributed by atoms with van der Waals surface area (Å²) >= 11 is 9.19. The Balaban J connectivity index is 2.55. The standard InChI is InChI=1S/C11H13BrClNO3S/c1-17-11-9(12)6-8(13)7-10(11)18(15,16)14-4-2-3-5-14/h6-7H,2-5H2,1H3. The molecule has 1 aliphatic rings. The molecule has 0 radical (unpaired) electrons. The van der Waals surface area contributed by atoms with Crippen LogP contribution in [-0.2, 0) is 10.0 Å². The molecular formula is C11H13BrClNO3S. The first-order chi connectivity index (χ1) is 8.46. The Bertz CT molecular complexity index is 556. The second-order valence-corrected chi connectivity index (χ2v) is 7.23. The zero-order valence-corrected chi connectivity index (χ0v) is 13.0. The van der Waals surface area contributed by atoms with Crippen molar-refractivity contribution in [2.75, 3.05) is 20.2 Å². The number of halogens is 2. The van der Waals surface area contributed by atoms with Gasteiger partial charge in [-0.2, -0.15) is 4.31 Å². The van der Waals surface area contributed by atoms with Crippen LogP contribution in [0.15, 0.2) is 21.5 Å². The van der Waals surface area contributed by atoms with Crippen molar-refractivity contribution >= 4 is 37.6 Å². The molecule has 4 nitrogen and oxygen atoms in total. The number of sulfonamides is 1. The Morgan fingerprint density at radius 1 is 1.33 bits per heavy atom. The summed E-state index contributed by atoms with van der Waals surface area (Å²) in [5.41, 5.74) is 0. The third-order valence-corrected chi connectivity index (χ3v) is 5.57. The van der Waals surface area contributed by atoms with Crippen LogP contribution in [0.4, 0.5) is 0 Å². The fourth-order valence-corrected chi connectivity index (χ4v) is 4.88. The predicted molar refractivity (Wildman–Crippen MR) is 73.7 cm³/mol. The molecule has 2 rings (SSSR count). The predicted octanol–water partition coefficient (Wildman–Crippen LogP) is 2.90. The Hall–Kier alpha value is -0.300. The van der Waals surface area contributed by atoms with E-state index in [1.165, 1.54) is 17.5 Å².